The van der Waals surface area contributed by atoms with E-state index in [0.717, 1.165) is 22.4 Å². The molecule has 4 rings (SSSR count). The topological polar surface area (TPSA) is 58.4 Å². The average molecular weight is 447 g/mol. The van der Waals surface area contributed by atoms with Gasteiger partial charge in [0.05, 0.1) is 11.8 Å². The maximum absolute atomic E-state index is 13.7. The fourth-order valence-electron chi connectivity index (χ4n) is 4.25. The first-order chi connectivity index (χ1) is 15.9. The van der Waals surface area contributed by atoms with Crippen molar-refractivity contribution in [1.82, 2.24) is 19.6 Å². The van der Waals surface area contributed by atoms with E-state index in [1.165, 1.54) is 12.1 Å². The highest BCUT2D eigenvalue weighted by Gasteiger charge is 2.38. The van der Waals surface area contributed by atoms with Gasteiger partial charge in [0, 0.05) is 38.8 Å². The Kier molecular flexibility index (Phi) is 6.40. The molecule has 0 spiro atoms. The first-order valence-electron chi connectivity index (χ1n) is 10.9. The SMILES string of the molecule is C=CCN1CCN(C(=O)c2cnn(C)c2C)C(Cc2cccc(-c3cccc(F)c3)c2)C1=O. The number of hydrogen-bond donors (Lipinski definition) is 0. The van der Waals surface area contributed by atoms with E-state index >= 15 is 0 Å². The summed E-state index contributed by atoms with van der Waals surface area (Å²) in [5, 5.41) is 4.19. The third-order valence-corrected chi connectivity index (χ3v) is 6.17. The number of aromatic nitrogens is 2. The van der Waals surface area contributed by atoms with Gasteiger partial charge in [-0.1, -0.05) is 42.5 Å². The van der Waals surface area contributed by atoms with Crippen LogP contribution in [0.4, 0.5) is 4.39 Å². The van der Waals surface area contributed by atoms with Crippen LogP contribution in [0.25, 0.3) is 11.1 Å². The van der Waals surface area contributed by atoms with Gasteiger partial charge in [0.2, 0.25) is 5.91 Å². The van der Waals surface area contributed by atoms with Crippen molar-refractivity contribution in [2.75, 3.05) is 19.6 Å². The van der Waals surface area contributed by atoms with Crippen LogP contribution in [0.15, 0.2) is 67.4 Å². The van der Waals surface area contributed by atoms with Crippen LogP contribution in [-0.4, -0.2) is 57.1 Å². The molecule has 1 unspecified atom stereocenters. The van der Waals surface area contributed by atoms with Crippen LogP contribution in [0.1, 0.15) is 21.6 Å². The van der Waals surface area contributed by atoms with Crippen molar-refractivity contribution in [3.05, 3.63) is 90.0 Å². The highest BCUT2D eigenvalue weighted by Crippen LogP contribution is 2.25. The highest BCUT2D eigenvalue weighted by molar-refractivity contribution is 5.99. The number of hydrogen-bond acceptors (Lipinski definition) is 3. The van der Waals surface area contributed by atoms with Crippen LogP contribution < -0.4 is 0 Å². The standard InChI is InChI=1S/C26H27FN4O2/c1-4-11-30-12-13-31(25(32)23-17-28-29(3)18(23)2)24(26(30)33)15-19-7-5-8-20(14-19)21-9-6-10-22(27)16-21/h4-10,14,16-17,24H,1,11-13,15H2,2-3H3. The number of carbonyl (C=O) groups is 2. The summed E-state index contributed by atoms with van der Waals surface area (Å²) in [5.74, 6) is -0.602. The average Bonchev–Trinajstić information content (AvgIpc) is 3.14. The van der Waals surface area contributed by atoms with Crippen molar-refractivity contribution in [1.29, 1.82) is 0 Å². The van der Waals surface area contributed by atoms with Crippen LogP contribution in [0, 0.1) is 12.7 Å². The second-order valence-corrected chi connectivity index (χ2v) is 8.27. The Labute approximate surface area is 192 Å². The molecule has 7 heteroatoms. The van der Waals surface area contributed by atoms with Gasteiger partial charge in [-0.25, -0.2) is 4.39 Å². The number of rotatable bonds is 6. The summed E-state index contributed by atoms with van der Waals surface area (Å²) in [6, 6.07) is 13.5. The summed E-state index contributed by atoms with van der Waals surface area (Å²) in [7, 11) is 1.79. The summed E-state index contributed by atoms with van der Waals surface area (Å²) in [5.41, 5.74) is 3.78. The van der Waals surface area contributed by atoms with Crippen molar-refractivity contribution in [2.24, 2.45) is 7.05 Å². The predicted octanol–water partition coefficient (Wildman–Crippen LogP) is 3.62. The number of halogens is 1. The summed E-state index contributed by atoms with van der Waals surface area (Å²) < 4.78 is 15.4. The van der Waals surface area contributed by atoms with E-state index < -0.39 is 6.04 Å². The smallest absolute Gasteiger partial charge is 0.258 e. The van der Waals surface area contributed by atoms with E-state index in [-0.39, 0.29) is 17.6 Å². The zero-order valence-corrected chi connectivity index (χ0v) is 18.9. The number of aryl methyl sites for hydroxylation is 1. The Hall–Kier alpha value is -3.74. The largest absolute Gasteiger partial charge is 0.335 e. The lowest BCUT2D eigenvalue weighted by molar-refractivity contribution is -0.139. The summed E-state index contributed by atoms with van der Waals surface area (Å²) in [6.07, 6.45) is 3.61. The number of piperazine rings is 1. The van der Waals surface area contributed by atoms with Crippen LogP contribution in [0.3, 0.4) is 0 Å². The molecule has 6 nitrogen and oxygen atoms in total. The van der Waals surface area contributed by atoms with E-state index in [0.29, 0.717) is 31.6 Å². The van der Waals surface area contributed by atoms with Gasteiger partial charge in [0.25, 0.3) is 5.91 Å². The van der Waals surface area contributed by atoms with Crippen LogP contribution in [0.5, 0.6) is 0 Å². The van der Waals surface area contributed by atoms with Gasteiger partial charge in [0.1, 0.15) is 11.9 Å². The molecular weight excluding hydrogens is 419 g/mol. The third kappa shape index (κ3) is 4.58. The molecule has 0 aliphatic carbocycles. The Morgan fingerprint density at radius 1 is 1.18 bits per heavy atom. The summed E-state index contributed by atoms with van der Waals surface area (Å²) in [6.45, 7) is 6.91. The van der Waals surface area contributed by atoms with E-state index in [1.54, 1.807) is 39.9 Å². The molecule has 33 heavy (non-hydrogen) atoms. The molecule has 0 radical (unpaired) electrons. The molecule has 170 valence electrons. The summed E-state index contributed by atoms with van der Waals surface area (Å²) in [4.78, 5) is 30.2. The van der Waals surface area contributed by atoms with Crippen molar-refractivity contribution >= 4 is 11.8 Å². The molecule has 1 aliphatic rings. The van der Waals surface area contributed by atoms with Gasteiger partial charge < -0.3 is 9.80 Å². The van der Waals surface area contributed by atoms with Crippen molar-refractivity contribution in [3.63, 3.8) is 0 Å². The maximum atomic E-state index is 13.7. The third-order valence-electron chi connectivity index (χ3n) is 6.17. The minimum atomic E-state index is -0.645. The van der Waals surface area contributed by atoms with Gasteiger partial charge >= 0.3 is 0 Å². The molecule has 1 aliphatic heterocycles. The Morgan fingerprint density at radius 3 is 2.58 bits per heavy atom. The minimum absolute atomic E-state index is 0.104. The zero-order valence-electron chi connectivity index (χ0n) is 18.9. The number of amides is 2. The van der Waals surface area contributed by atoms with Gasteiger partial charge in [-0.15, -0.1) is 6.58 Å². The lowest BCUT2D eigenvalue weighted by Gasteiger charge is -2.40. The monoisotopic (exact) mass is 446 g/mol. The van der Waals surface area contributed by atoms with Gasteiger partial charge in [-0.05, 0) is 35.7 Å². The molecule has 0 N–H and O–H groups in total. The first kappa shape index (κ1) is 22.5. The van der Waals surface area contributed by atoms with Crippen molar-refractivity contribution < 1.29 is 14.0 Å². The molecule has 1 aromatic heterocycles. The predicted molar refractivity (Wildman–Crippen MR) is 125 cm³/mol. The zero-order chi connectivity index (χ0) is 23.5. The molecule has 0 saturated carbocycles. The van der Waals surface area contributed by atoms with E-state index in [2.05, 4.69) is 11.7 Å². The molecular formula is C26H27FN4O2. The molecule has 1 atom stereocenters. The Morgan fingerprint density at radius 2 is 1.91 bits per heavy atom. The highest BCUT2D eigenvalue weighted by atomic mass is 19.1. The van der Waals surface area contributed by atoms with Gasteiger partial charge in [0.15, 0.2) is 0 Å². The molecule has 2 aromatic carbocycles. The van der Waals surface area contributed by atoms with E-state index in [4.69, 9.17) is 0 Å². The quantitative estimate of drug-likeness (QED) is 0.544. The lowest BCUT2D eigenvalue weighted by Crippen LogP contribution is -2.59. The molecule has 2 amide bonds. The fraction of sp³-hybridized carbons (Fsp3) is 0.269. The maximum Gasteiger partial charge on any atom is 0.258 e. The molecule has 0 bridgehead atoms. The second kappa shape index (κ2) is 9.40. The minimum Gasteiger partial charge on any atom is -0.335 e. The normalized spacial score (nSPS) is 16.2. The second-order valence-electron chi connectivity index (χ2n) is 8.27. The van der Waals surface area contributed by atoms with Crippen LogP contribution in [-0.2, 0) is 18.3 Å². The molecule has 2 heterocycles. The van der Waals surface area contributed by atoms with Gasteiger partial charge in [-0.2, -0.15) is 5.10 Å². The molecule has 1 saturated heterocycles. The lowest BCUT2D eigenvalue weighted by atomic mass is 9.96. The summed E-state index contributed by atoms with van der Waals surface area (Å²) >= 11 is 0. The van der Waals surface area contributed by atoms with E-state index in [1.807, 2.05) is 37.3 Å². The number of carbonyl (C=O) groups excluding carboxylic acids is 2. The van der Waals surface area contributed by atoms with Crippen LogP contribution in [0.2, 0.25) is 0 Å². The fourth-order valence-corrected chi connectivity index (χ4v) is 4.25. The Balaban J connectivity index is 1.66. The number of benzene rings is 2. The molecule has 3 aromatic rings. The molecule has 1 fully saturated rings. The van der Waals surface area contributed by atoms with Gasteiger partial charge in [-0.3, -0.25) is 14.3 Å². The van der Waals surface area contributed by atoms with E-state index in [9.17, 15) is 14.0 Å². The Bertz CT molecular complexity index is 1200. The van der Waals surface area contributed by atoms with Crippen molar-refractivity contribution in [3.8, 4) is 11.1 Å². The van der Waals surface area contributed by atoms with Crippen molar-refractivity contribution in [2.45, 2.75) is 19.4 Å². The first-order valence-corrected chi connectivity index (χ1v) is 10.9. The van der Waals surface area contributed by atoms with Crippen LogP contribution >= 0.6 is 0 Å². The number of nitrogens with zero attached hydrogens (tertiary/aromatic N) is 4.